The minimum Gasteiger partial charge on any atom is -0.548 e. The SMILES string of the molecule is CCCSc1ccc([N+](=O)[O-])c(N=C(NCC(=O)[O-])NC(=O)OC)c1.[Na+]. The second-order valence-electron chi connectivity index (χ2n) is 4.56. The molecule has 0 radical (unpaired) electrons. The van der Waals surface area contributed by atoms with Crippen molar-refractivity contribution in [3.8, 4) is 0 Å². The summed E-state index contributed by atoms with van der Waals surface area (Å²) in [4.78, 5) is 37.2. The van der Waals surface area contributed by atoms with Crippen LogP contribution in [0.25, 0.3) is 0 Å². The summed E-state index contributed by atoms with van der Waals surface area (Å²) in [5.74, 6) is -0.935. The van der Waals surface area contributed by atoms with E-state index in [1.165, 1.54) is 23.9 Å². The molecular formula is C14H17N4NaO6S. The first-order valence-electron chi connectivity index (χ1n) is 7.16. The number of hydrogen-bond acceptors (Lipinski definition) is 8. The quantitative estimate of drug-likeness (QED) is 0.133. The van der Waals surface area contributed by atoms with Gasteiger partial charge in [-0.15, -0.1) is 11.8 Å². The summed E-state index contributed by atoms with van der Waals surface area (Å²) in [5.41, 5.74) is -0.330. The van der Waals surface area contributed by atoms with Crippen LogP contribution >= 0.6 is 11.8 Å². The van der Waals surface area contributed by atoms with Crippen LogP contribution in [-0.2, 0) is 9.53 Å². The van der Waals surface area contributed by atoms with Crippen LogP contribution in [0.3, 0.4) is 0 Å². The predicted molar refractivity (Wildman–Crippen MR) is 89.8 cm³/mol. The molecule has 0 fully saturated rings. The van der Waals surface area contributed by atoms with Gasteiger partial charge in [-0.1, -0.05) is 6.92 Å². The zero-order valence-electron chi connectivity index (χ0n) is 14.6. The number of carbonyl (C=O) groups is 2. The Morgan fingerprint density at radius 1 is 1.38 bits per heavy atom. The van der Waals surface area contributed by atoms with E-state index >= 15 is 0 Å². The molecule has 136 valence electrons. The summed E-state index contributed by atoms with van der Waals surface area (Å²) in [6.45, 7) is 1.35. The van der Waals surface area contributed by atoms with Gasteiger partial charge in [-0.3, -0.25) is 15.4 Å². The number of ether oxygens (including phenoxy) is 1. The predicted octanol–water partition coefficient (Wildman–Crippen LogP) is -2.22. The molecular weight excluding hydrogens is 375 g/mol. The third-order valence-electron chi connectivity index (χ3n) is 2.65. The number of benzene rings is 1. The number of carboxylic acid groups (broad SMARTS) is 1. The molecule has 0 spiro atoms. The van der Waals surface area contributed by atoms with Gasteiger partial charge in [0.15, 0.2) is 0 Å². The average Bonchev–Trinajstić information content (AvgIpc) is 2.57. The van der Waals surface area contributed by atoms with Crippen molar-refractivity contribution in [1.82, 2.24) is 10.6 Å². The Morgan fingerprint density at radius 3 is 2.62 bits per heavy atom. The van der Waals surface area contributed by atoms with Crippen molar-refractivity contribution in [2.75, 3.05) is 19.4 Å². The molecule has 10 nitrogen and oxygen atoms in total. The van der Waals surface area contributed by atoms with Gasteiger partial charge in [0, 0.05) is 11.0 Å². The van der Waals surface area contributed by atoms with Gasteiger partial charge in [0.05, 0.1) is 24.5 Å². The number of nitro benzene ring substituents is 1. The number of carbonyl (C=O) groups excluding carboxylic acids is 2. The second kappa shape index (κ2) is 12.5. The smallest absolute Gasteiger partial charge is 0.548 e. The maximum absolute atomic E-state index is 11.3. The van der Waals surface area contributed by atoms with Crippen molar-refractivity contribution >= 4 is 41.2 Å². The molecule has 1 rings (SSSR count). The van der Waals surface area contributed by atoms with Gasteiger partial charge in [-0.05, 0) is 24.3 Å². The molecule has 0 aromatic heterocycles. The third kappa shape index (κ3) is 8.52. The number of nitro groups is 1. The van der Waals surface area contributed by atoms with Crippen LogP contribution in [0.2, 0.25) is 0 Å². The number of alkyl carbamates (subject to hydrolysis) is 1. The van der Waals surface area contributed by atoms with E-state index in [1.54, 1.807) is 6.07 Å². The Bertz CT molecular complexity index is 685. The number of guanidine groups is 1. The molecule has 0 aliphatic carbocycles. The molecule has 0 heterocycles. The Kier molecular flexibility index (Phi) is 11.6. The molecule has 2 N–H and O–H groups in total. The van der Waals surface area contributed by atoms with Crippen molar-refractivity contribution < 1.29 is 53.9 Å². The van der Waals surface area contributed by atoms with E-state index in [0.29, 0.717) is 0 Å². The summed E-state index contributed by atoms with van der Waals surface area (Å²) in [7, 11) is 1.11. The van der Waals surface area contributed by atoms with Crippen molar-refractivity contribution in [2.45, 2.75) is 18.2 Å². The van der Waals surface area contributed by atoms with Crippen LogP contribution in [0.4, 0.5) is 16.2 Å². The topological polar surface area (TPSA) is 146 Å². The Balaban J connectivity index is 0.00000625. The Hall–Kier alpha value is -1.82. The molecule has 0 aliphatic rings. The summed E-state index contributed by atoms with van der Waals surface area (Å²) < 4.78 is 4.41. The number of carboxylic acids is 1. The van der Waals surface area contributed by atoms with Crippen LogP contribution in [0.15, 0.2) is 28.1 Å². The van der Waals surface area contributed by atoms with Crippen molar-refractivity contribution in [3.05, 3.63) is 28.3 Å². The number of nitrogens with zero attached hydrogens (tertiary/aromatic N) is 2. The Labute approximate surface area is 176 Å². The van der Waals surface area contributed by atoms with Crippen molar-refractivity contribution in [3.63, 3.8) is 0 Å². The van der Waals surface area contributed by atoms with E-state index in [2.05, 4.69) is 20.4 Å². The maximum atomic E-state index is 11.3. The molecule has 0 saturated heterocycles. The van der Waals surface area contributed by atoms with E-state index in [0.717, 1.165) is 24.2 Å². The molecule has 26 heavy (non-hydrogen) atoms. The molecule has 0 aliphatic heterocycles. The molecule has 0 atom stereocenters. The monoisotopic (exact) mass is 392 g/mol. The van der Waals surface area contributed by atoms with Gasteiger partial charge in [0.1, 0.15) is 5.69 Å². The zero-order valence-corrected chi connectivity index (χ0v) is 17.4. The van der Waals surface area contributed by atoms with Gasteiger partial charge in [-0.2, -0.15) is 0 Å². The first kappa shape index (κ1) is 24.2. The van der Waals surface area contributed by atoms with E-state index in [4.69, 9.17) is 0 Å². The number of amides is 1. The van der Waals surface area contributed by atoms with Gasteiger partial charge < -0.3 is 20.0 Å². The van der Waals surface area contributed by atoms with Gasteiger partial charge in [-0.25, -0.2) is 9.79 Å². The summed E-state index contributed by atoms with van der Waals surface area (Å²) >= 11 is 1.49. The molecule has 1 aromatic rings. The fourth-order valence-corrected chi connectivity index (χ4v) is 2.39. The van der Waals surface area contributed by atoms with Crippen LogP contribution < -0.4 is 45.3 Å². The standard InChI is InChI=1S/C14H18N4O6S.Na/c1-3-6-25-9-4-5-11(18(22)23)10(7-9)16-13(15-8-12(19)20)17-14(21)24-2;/h4-5,7H,3,6,8H2,1-2H3,(H,19,20)(H2,15,16,17,21);/q;+1/p-1. The number of nitrogens with one attached hydrogen (secondary N) is 2. The minimum absolute atomic E-state index is 0. The number of thioether (sulfide) groups is 1. The van der Waals surface area contributed by atoms with Crippen LogP contribution in [-0.4, -0.2) is 42.4 Å². The molecule has 1 aromatic carbocycles. The zero-order chi connectivity index (χ0) is 18.8. The number of methoxy groups -OCH3 is 1. The first-order chi connectivity index (χ1) is 11.9. The van der Waals surface area contributed by atoms with E-state index in [1.807, 2.05) is 6.92 Å². The average molecular weight is 392 g/mol. The van der Waals surface area contributed by atoms with E-state index in [9.17, 15) is 24.8 Å². The summed E-state index contributed by atoms with van der Waals surface area (Å²) in [6, 6.07) is 4.38. The fraction of sp³-hybridized carbons (Fsp3) is 0.357. The van der Waals surface area contributed by atoms with Crippen LogP contribution in [0.1, 0.15) is 13.3 Å². The number of hydrogen-bond donors (Lipinski definition) is 2. The minimum atomic E-state index is -1.44. The van der Waals surface area contributed by atoms with Gasteiger partial charge >= 0.3 is 35.7 Å². The maximum Gasteiger partial charge on any atom is 1.00 e. The van der Waals surface area contributed by atoms with Gasteiger partial charge in [0.25, 0.3) is 5.69 Å². The molecule has 0 bridgehead atoms. The molecule has 1 amide bonds. The molecule has 0 saturated carbocycles. The second-order valence-corrected chi connectivity index (χ2v) is 5.73. The normalized spacial score (nSPS) is 10.5. The number of aliphatic imine (C=N–C) groups is 1. The Morgan fingerprint density at radius 2 is 2.08 bits per heavy atom. The van der Waals surface area contributed by atoms with Crippen LogP contribution in [0, 0.1) is 10.1 Å². The van der Waals surface area contributed by atoms with E-state index in [-0.39, 0.29) is 46.9 Å². The van der Waals surface area contributed by atoms with E-state index < -0.39 is 23.5 Å². The number of aliphatic carboxylic acids is 1. The largest absolute Gasteiger partial charge is 1.00 e. The fourth-order valence-electron chi connectivity index (χ4n) is 1.59. The van der Waals surface area contributed by atoms with Crippen molar-refractivity contribution in [2.24, 2.45) is 4.99 Å². The summed E-state index contributed by atoms with van der Waals surface area (Å²) in [6.07, 6.45) is 0.00603. The van der Waals surface area contributed by atoms with Gasteiger partial charge in [0.2, 0.25) is 5.96 Å². The van der Waals surface area contributed by atoms with Crippen molar-refractivity contribution in [1.29, 1.82) is 0 Å². The third-order valence-corrected chi connectivity index (χ3v) is 3.85. The summed E-state index contributed by atoms with van der Waals surface area (Å²) in [5, 5.41) is 26.2. The number of rotatable bonds is 7. The molecule has 0 unspecified atom stereocenters. The molecule has 12 heteroatoms. The first-order valence-corrected chi connectivity index (χ1v) is 8.14. The van der Waals surface area contributed by atoms with Crippen LogP contribution in [0.5, 0.6) is 0 Å².